The SMILES string of the molecule is CC/C=C(\NCC)C(N)=O. The molecule has 0 bridgehead atoms. The number of nitrogens with two attached hydrogens (primary N) is 1. The Morgan fingerprint density at radius 3 is 2.50 bits per heavy atom. The van der Waals surface area contributed by atoms with Crippen LogP contribution in [0.25, 0.3) is 0 Å². The zero-order valence-electron chi connectivity index (χ0n) is 6.48. The second kappa shape index (κ2) is 4.85. The van der Waals surface area contributed by atoms with E-state index < -0.39 is 0 Å². The molecule has 58 valence electrons. The molecule has 1 amide bonds. The first kappa shape index (κ1) is 9.01. The van der Waals surface area contributed by atoms with E-state index in [2.05, 4.69) is 5.32 Å². The smallest absolute Gasteiger partial charge is 0.264 e. The van der Waals surface area contributed by atoms with Crippen molar-refractivity contribution in [2.24, 2.45) is 5.73 Å². The highest BCUT2D eigenvalue weighted by Crippen LogP contribution is 1.89. The highest BCUT2D eigenvalue weighted by Gasteiger charge is 1.99. The van der Waals surface area contributed by atoms with Crippen LogP contribution in [0.3, 0.4) is 0 Å². The number of amides is 1. The zero-order chi connectivity index (χ0) is 7.98. The summed E-state index contributed by atoms with van der Waals surface area (Å²) in [6.07, 6.45) is 2.61. The highest BCUT2D eigenvalue weighted by atomic mass is 16.1. The van der Waals surface area contributed by atoms with Gasteiger partial charge in [-0.2, -0.15) is 0 Å². The van der Waals surface area contributed by atoms with Crippen LogP contribution in [-0.2, 0) is 4.79 Å². The van der Waals surface area contributed by atoms with Crippen molar-refractivity contribution < 1.29 is 4.79 Å². The topological polar surface area (TPSA) is 55.1 Å². The molecule has 0 rings (SSSR count). The molecule has 3 N–H and O–H groups in total. The molecule has 0 atom stereocenters. The molecular weight excluding hydrogens is 128 g/mol. The van der Waals surface area contributed by atoms with E-state index in [1.165, 1.54) is 0 Å². The number of primary amides is 1. The van der Waals surface area contributed by atoms with Gasteiger partial charge in [0, 0.05) is 6.54 Å². The molecule has 3 nitrogen and oxygen atoms in total. The minimum absolute atomic E-state index is 0.385. The standard InChI is InChI=1S/C7H14N2O/c1-3-5-6(7(8)10)9-4-2/h5,9H,3-4H2,1-2H3,(H2,8,10)/b6-5-. The Labute approximate surface area is 61.3 Å². The van der Waals surface area contributed by atoms with Gasteiger partial charge in [0.1, 0.15) is 0 Å². The normalized spacial score (nSPS) is 11.2. The van der Waals surface area contributed by atoms with Crippen LogP contribution >= 0.6 is 0 Å². The van der Waals surface area contributed by atoms with Crippen molar-refractivity contribution in [1.82, 2.24) is 5.32 Å². The number of carbonyl (C=O) groups is 1. The second-order valence-corrected chi connectivity index (χ2v) is 1.92. The van der Waals surface area contributed by atoms with Gasteiger partial charge in [-0.3, -0.25) is 4.79 Å². The molecule has 0 aromatic rings. The van der Waals surface area contributed by atoms with Crippen LogP contribution in [0.1, 0.15) is 20.3 Å². The molecule has 0 aromatic heterocycles. The van der Waals surface area contributed by atoms with Gasteiger partial charge in [-0.05, 0) is 13.3 Å². The zero-order valence-corrected chi connectivity index (χ0v) is 6.48. The number of rotatable bonds is 4. The summed E-state index contributed by atoms with van der Waals surface area (Å²) >= 11 is 0. The molecule has 10 heavy (non-hydrogen) atoms. The number of hydrogen-bond donors (Lipinski definition) is 2. The largest absolute Gasteiger partial charge is 0.381 e. The highest BCUT2D eigenvalue weighted by molar-refractivity contribution is 5.91. The lowest BCUT2D eigenvalue weighted by molar-refractivity contribution is -0.114. The molecule has 0 spiro atoms. The monoisotopic (exact) mass is 142 g/mol. The van der Waals surface area contributed by atoms with E-state index in [-0.39, 0.29) is 5.91 Å². The van der Waals surface area contributed by atoms with E-state index in [4.69, 9.17) is 5.73 Å². The Hall–Kier alpha value is -0.990. The summed E-state index contributed by atoms with van der Waals surface area (Å²) < 4.78 is 0. The number of nitrogens with one attached hydrogen (secondary N) is 1. The first-order valence-electron chi connectivity index (χ1n) is 3.46. The van der Waals surface area contributed by atoms with Crippen LogP contribution in [-0.4, -0.2) is 12.5 Å². The summed E-state index contributed by atoms with van der Waals surface area (Å²) in [5, 5.41) is 2.87. The number of allylic oxidation sites excluding steroid dienone is 1. The molecule has 0 saturated carbocycles. The Bertz CT molecular complexity index is 141. The summed E-state index contributed by atoms with van der Waals surface area (Å²) in [5.41, 5.74) is 5.56. The molecule has 0 heterocycles. The fourth-order valence-electron chi connectivity index (χ4n) is 0.654. The lowest BCUT2D eigenvalue weighted by Gasteiger charge is -2.02. The quantitative estimate of drug-likeness (QED) is 0.557. The van der Waals surface area contributed by atoms with Crippen LogP contribution in [0.5, 0.6) is 0 Å². The van der Waals surface area contributed by atoms with Crippen molar-refractivity contribution in [3.63, 3.8) is 0 Å². The Morgan fingerprint density at radius 2 is 2.20 bits per heavy atom. The van der Waals surface area contributed by atoms with Gasteiger partial charge >= 0.3 is 0 Å². The Morgan fingerprint density at radius 1 is 1.60 bits per heavy atom. The molecular formula is C7H14N2O. The summed E-state index contributed by atoms with van der Waals surface area (Å²) in [4.78, 5) is 10.6. The molecule has 0 aliphatic heterocycles. The minimum Gasteiger partial charge on any atom is -0.381 e. The molecule has 3 heteroatoms. The fraction of sp³-hybridized carbons (Fsp3) is 0.571. The van der Waals surface area contributed by atoms with Gasteiger partial charge < -0.3 is 11.1 Å². The Balaban J connectivity index is 3.98. The van der Waals surface area contributed by atoms with Gasteiger partial charge in [0.2, 0.25) is 0 Å². The second-order valence-electron chi connectivity index (χ2n) is 1.92. The van der Waals surface area contributed by atoms with Crippen molar-refractivity contribution in [1.29, 1.82) is 0 Å². The minimum atomic E-state index is -0.385. The average molecular weight is 142 g/mol. The third-order valence-electron chi connectivity index (χ3n) is 1.04. The van der Waals surface area contributed by atoms with Gasteiger partial charge in [0.25, 0.3) is 5.91 Å². The maximum atomic E-state index is 10.6. The maximum absolute atomic E-state index is 10.6. The summed E-state index contributed by atoms with van der Waals surface area (Å²) in [5.74, 6) is -0.385. The molecule has 0 aliphatic rings. The van der Waals surface area contributed by atoms with E-state index in [9.17, 15) is 4.79 Å². The summed E-state index contributed by atoms with van der Waals surface area (Å²) in [6.45, 7) is 4.61. The molecule has 0 fully saturated rings. The summed E-state index contributed by atoms with van der Waals surface area (Å²) in [7, 11) is 0. The third-order valence-corrected chi connectivity index (χ3v) is 1.04. The number of hydrogen-bond acceptors (Lipinski definition) is 2. The van der Waals surface area contributed by atoms with Crippen molar-refractivity contribution in [3.8, 4) is 0 Å². The van der Waals surface area contributed by atoms with Gasteiger partial charge in [-0.25, -0.2) is 0 Å². The van der Waals surface area contributed by atoms with Gasteiger partial charge in [0.05, 0.1) is 5.70 Å². The molecule has 0 aromatic carbocycles. The molecule has 0 aliphatic carbocycles. The van der Waals surface area contributed by atoms with Gasteiger partial charge in [-0.15, -0.1) is 0 Å². The van der Waals surface area contributed by atoms with E-state index in [1.807, 2.05) is 13.8 Å². The fourth-order valence-corrected chi connectivity index (χ4v) is 0.654. The van der Waals surface area contributed by atoms with Crippen LogP contribution in [0.4, 0.5) is 0 Å². The summed E-state index contributed by atoms with van der Waals surface area (Å²) in [6, 6.07) is 0. The van der Waals surface area contributed by atoms with Crippen molar-refractivity contribution in [3.05, 3.63) is 11.8 Å². The van der Waals surface area contributed by atoms with Gasteiger partial charge in [0.15, 0.2) is 0 Å². The first-order valence-corrected chi connectivity index (χ1v) is 3.46. The van der Waals surface area contributed by atoms with Crippen LogP contribution in [0, 0.1) is 0 Å². The van der Waals surface area contributed by atoms with Crippen LogP contribution < -0.4 is 11.1 Å². The Kier molecular flexibility index (Phi) is 4.37. The lowest BCUT2D eigenvalue weighted by atomic mass is 10.3. The molecule has 0 saturated heterocycles. The van der Waals surface area contributed by atoms with E-state index >= 15 is 0 Å². The van der Waals surface area contributed by atoms with E-state index in [0.29, 0.717) is 5.70 Å². The van der Waals surface area contributed by atoms with Crippen molar-refractivity contribution >= 4 is 5.91 Å². The first-order chi connectivity index (χ1) is 4.72. The van der Waals surface area contributed by atoms with Crippen LogP contribution in [0.15, 0.2) is 11.8 Å². The van der Waals surface area contributed by atoms with Crippen molar-refractivity contribution in [2.45, 2.75) is 20.3 Å². The van der Waals surface area contributed by atoms with Crippen molar-refractivity contribution in [2.75, 3.05) is 6.54 Å². The predicted octanol–water partition coefficient (Wildman–Crippen LogP) is 0.375. The van der Waals surface area contributed by atoms with Crippen LogP contribution in [0.2, 0.25) is 0 Å². The molecule has 0 unspecified atom stereocenters. The maximum Gasteiger partial charge on any atom is 0.264 e. The predicted molar refractivity (Wildman–Crippen MR) is 41.2 cm³/mol. The lowest BCUT2D eigenvalue weighted by Crippen LogP contribution is -2.25. The average Bonchev–Trinajstić information content (AvgIpc) is 1.87. The van der Waals surface area contributed by atoms with E-state index in [1.54, 1.807) is 6.08 Å². The third kappa shape index (κ3) is 3.12. The number of likely N-dealkylation sites (N-methyl/N-ethyl adjacent to an activating group) is 1. The van der Waals surface area contributed by atoms with Gasteiger partial charge in [-0.1, -0.05) is 13.0 Å². The molecule has 0 radical (unpaired) electrons. The van der Waals surface area contributed by atoms with E-state index in [0.717, 1.165) is 13.0 Å². The number of carbonyl (C=O) groups excluding carboxylic acids is 1.